The molecule has 0 aliphatic heterocycles. The second kappa shape index (κ2) is 5.98. The van der Waals surface area contributed by atoms with E-state index in [2.05, 4.69) is 13.8 Å². The van der Waals surface area contributed by atoms with Crippen molar-refractivity contribution >= 4 is 33.7 Å². The van der Waals surface area contributed by atoms with E-state index in [4.69, 9.17) is 14.7 Å². The quantitative estimate of drug-likeness (QED) is 0.786. The van der Waals surface area contributed by atoms with Crippen LogP contribution in [0.15, 0.2) is 0 Å². The van der Waals surface area contributed by atoms with Crippen molar-refractivity contribution in [1.82, 2.24) is 0 Å². The maximum atomic E-state index is 6.40. The molecule has 0 aliphatic rings. The van der Waals surface area contributed by atoms with Gasteiger partial charge in [-0.3, -0.25) is 0 Å². The topological polar surface area (TPSA) is 26.0 Å². The fraction of sp³-hybridized carbons (Fsp3) is 1.00. The molecule has 0 heterocycles. The van der Waals surface area contributed by atoms with Gasteiger partial charge in [0.1, 0.15) is 0 Å². The summed E-state index contributed by atoms with van der Waals surface area (Å²) in [5.74, 6) is 1.06. The van der Waals surface area contributed by atoms with Gasteiger partial charge >= 0.3 is 74.5 Å². The standard InChI is InChI=1S/C2H7NS.2C2H5.ClH.Sn/c3-1-2-4;2*1-2;;/h4H,1-3H2;2*1H2,2H3;1H;/q;;;;+2/p-2. The summed E-state index contributed by atoms with van der Waals surface area (Å²) >= 11 is -2.10. The molecule has 62 valence electrons. The Morgan fingerprint density at radius 1 is 1.40 bits per heavy atom. The van der Waals surface area contributed by atoms with Gasteiger partial charge in [-0.2, -0.15) is 0 Å². The molecule has 0 aromatic rings. The second-order valence-corrected chi connectivity index (χ2v) is 26.1. The van der Waals surface area contributed by atoms with Crippen LogP contribution in [0.1, 0.15) is 13.8 Å². The molecule has 0 saturated heterocycles. The van der Waals surface area contributed by atoms with Gasteiger partial charge in [0, 0.05) is 0 Å². The van der Waals surface area contributed by atoms with Crippen LogP contribution in [0.4, 0.5) is 0 Å². The zero-order valence-electron chi connectivity index (χ0n) is 6.69. The van der Waals surface area contributed by atoms with Gasteiger partial charge in [0.15, 0.2) is 0 Å². The van der Waals surface area contributed by atoms with Gasteiger partial charge in [0.2, 0.25) is 0 Å². The molecule has 10 heavy (non-hydrogen) atoms. The molecule has 0 bridgehead atoms. The molecule has 0 rings (SSSR count). The SMILES string of the molecule is C[CH2][Sn]([Cl])([CH2]C)[S]CCN. The van der Waals surface area contributed by atoms with Gasteiger partial charge in [-0.15, -0.1) is 0 Å². The minimum atomic E-state index is -2.10. The normalized spacial score (nSPS) is 12.0. The molecule has 4 heteroatoms. The van der Waals surface area contributed by atoms with Crippen molar-refractivity contribution in [2.75, 3.05) is 12.3 Å². The third kappa shape index (κ3) is 4.31. The molecule has 0 radical (unpaired) electrons. The Bertz CT molecular complexity index is 87.8. The zero-order valence-corrected chi connectivity index (χ0v) is 11.1. The summed E-state index contributed by atoms with van der Waals surface area (Å²) in [5, 5.41) is 0. The first-order valence-corrected chi connectivity index (χ1v) is 15.8. The Kier molecular flexibility index (Phi) is 6.81. The molecule has 0 aromatic carbocycles. The Morgan fingerprint density at radius 3 is 2.20 bits per heavy atom. The van der Waals surface area contributed by atoms with Crippen molar-refractivity contribution in [3.8, 4) is 0 Å². The third-order valence-corrected chi connectivity index (χ3v) is 24.4. The predicted molar refractivity (Wildman–Crippen MR) is 54.1 cm³/mol. The molecular formula is C6H16ClNSSn. The van der Waals surface area contributed by atoms with Gasteiger partial charge in [-0.25, -0.2) is 0 Å². The molecule has 0 spiro atoms. The molecule has 0 aromatic heterocycles. The molecular weight excluding hydrogens is 272 g/mol. The Labute approximate surface area is 74.1 Å². The summed E-state index contributed by atoms with van der Waals surface area (Å²) in [5.41, 5.74) is 5.40. The van der Waals surface area contributed by atoms with Crippen molar-refractivity contribution < 1.29 is 0 Å². The number of hydrogen-bond acceptors (Lipinski definition) is 2. The Balaban J connectivity index is 3.58. The first kappa shape index (κ1) is 11.4. The second-order valence-electron chi connectivity index (χ2n) is 2.23. The van der Waals surface area contributed by atoms with Gasteiger partial charge in [0.25, 0.3) is 0 Å². The molecule has 0 atom stereocenters. The van der Waals surface area contributed by atoms with Crippen molar-refractivity contribution in [3.05, 3.63) is 0 Å². The van der Waals surface area contributed by atoms with E-state index in [-0.39, 0.29) is 0 Å². The Morgan fingerprint density at radius 2 is 1.90 bits per heavy atom. The molecule has 0 amide bonds. The minimum absolute atomic E-state index is 0.774. The van der Waals surface area contributed by atoms with E-state index in [1.165, 1.54) is 8.87 Å². The van der Waals surface area contributed by atoms with Crippen molar-refractivity contribution in [2.24, 2.45) is 5.73 Å². The van der Waals surface area contributed by atoms with Crippen LogP contribution in [0.2, 0.25) is 8.87 Å². The van der Waals surface area contributed by atoms with Crippen molar-refractivity contribution in [3.63, 3.8) is 0 Å². The fourth-order valence-electron chi connectivity index (χ4n) is 0.696. The van der Waals surface area contributed by atoms with Crippen LogP contribution in [0, 0.1) is 0 Å². The predicted octanol–water partition coefficient (Wildman–Crippen LogP) is 2.40. The van der Waals surface area contributed by atoms with E-state index in [0.717, 1.165) is 12.3 Å². The van der Waals surface area contributed by atoms with E-state index >= 15 is 0 Å². The van der Waals surface area contributed by atoms with Gasteiger partial charge in [-0.1, -0.05) is 0 Å². The van der Waals surface area contributed by atoms with Gasteiger partial charge < -0.3 is 0 Å². The van der Waals surface area contributed by atoms with Crippen LogP contribution in [0.3, 0.4) is 0 Å². The van der Waals surface area contributed by atoms with E-state index in [1.54, 1.807) is 0 Å². The van der Waals surface area contributed by atoms with Crippen LogP contribution >= 0.6 is 17.9 Å². The first-order valence-electron chi connectivity index (χ1n) is 3.71. The summed E-state index contributed by atoms with van der Waals surface area (Å²) in [7, 11) is 8.38. The van der Waals surface area contributed by atoms with E-state index in [1.807, 2.05) is 8.95 Å². The number of halogens is 1. The zero-order chi connectivity index (χ0) is 8.04. The monoisotopic (exact) mass is 289 g/mol. The average molecular weight is 288 g/mol. The van der Waals surface area contributed by atoms with Gasteiger partial charge in [0.05, 0.1) is 0 Å². The molecule has 0 saturated carbocycles. The summed E-state index contributed by atoms with van der Waals surface area (Å²) in [4.78, 5) is 0. The molecule has 0 unspecified atom stereocenters. The summed E-state index contributed by atoms with van der Waals surface area (Å²) < 4.78 is 2.44. The van der Waals surface area contributed by atoms with Crippen LogP contribution in [-0.2, 0) is 0 Å². The fourth-order valence-corrected chi connectivity index (χ4v) is 12.2. The third-order valence-electron chi connectivity index (χ3n) is 1.53. The van der Waals surface area contributed by atoms with Crippen LogP contribution in [0.5, 0.6) is 0 Å². The van der Waals surface area contributed by atoms with E-state index in [0.29, 0.717) is 0 Å². The van der Waals surface area contributed by atoms with Crippen molar-refractivity contribution in [2.45, 2.75) is 22.7 Å². The Hall–Kier alpha value is 1.40. The molecule has 2 N–H and O–H groups in total. The summed E-state index contributed by atoms with van der Waals surface area (Å²) in [6.45, 7) is 5.18. The number of nitrogens with two attached hydrogens (primary N) is 1. The van der Waals surface area contributed by atoms with Crippen LogP contribution in [0.25, 0.3) is 0 Å². The number of rotatable bonds is 5. The van der Waals surface area contributed by atoms with E-state index in [9.17, 15) is 0 Å². The van der Waals surface area contributed by atoms with E-state index < -0.39 is 15.9 Å². The van der Waals surface area contributed by atoms with Crippen LogP contribution in [-0.4, -0.2) is 28.2 Å². The van der Waals surface area contributed by atoms with Crippen LogP contribution < -0.4 is 5.73 Å². The molecule has 0 fully saturated rings. The summed E-state index contributed by atoms with van der Waals surface area (Å²) in [6, 6.07) is 0. The number of hydrogen-bond donors (Lipinski definition) is 1. The van der Waals surface area contributed by atoms with Gasteiger partial charge in [-0.05, 0) is 0 Å². The molecule has 1 nitrogen and oxygen atoms in total. The van der Waals surface area contributed by atoms with Crippen molar-refractivity contribution in [1.29, 1.82) is 0 Å². The summed E-state index contributed by atoms with van der Waals surface area (Å²) in [6.07, 6.45) is 0. The first-order chi connectivity index (χ1) is 4.68. The average Bonchev–Trinajstić information content (AvgIpc) is 2.00. The maximum absolute atomic E-state index is 6.40. The molecule has 0 aliphatic carbocycles.